The molecule has 2 amide bonds. The van der Waals surface area contributed by atoms with Crippen molar-refractivity contribution in [3.63, 3.8) is 0 Å². The molecule has 16 heavy (non-hydrogen) atoms. The van der Waals surface area contributed by atoms with Crippen molar-refractivity contribution in [3.05, 3.63) is 0 Å². The second-order valence-corrected chi connectivity index (χ2v) is 4.64. The van der Waals surface area contributed by atoms with E-state index in [1.54, 1.807) is 4.90 Å². The van der Waals surface area contributed by atoms with Crippen LogP contribution >= 0.6 is 12.2 Å². The van der Waals surface area contributed by atoms with Crippen molar-refractivity contribution in [3.8, 4) is 0 Å². The van der Waals surface area contributed by atoms with E-state index in [9.17, 15) is 9.59 Å². The summed E-state index contributed by atoms with van der Waals surface area (Å²) in [7, 11) is 0. The summed E-state index contributed by atoms with van der Waals surface area (Å²) in [6.07, 6.45) is 4.68. The maximum absolute atomic E-state index is 11.2. The van der Waals surface area contributed by atoms with Crippen molar-refractivity contribution in [2.24, 2.45) is 0 Å². The first-order chi connectivity index (χ1) is 7.65. The molecule has 0 spiro atoms. The van der Waals surface area contributed by atoms with E-state index < -0.39 is 0 Å². The van der Waals surface area contributed by atoms with Crippen molar-refractivity contribution >= 4 is 29.1 Å². The van der Waals surface area contributed by atoms with E-state index in [0.717, 1.165) is 12.8 Å². The normalized spacial score (nSPS) is 22.1. The molecule has 2 aliphatic rings. The van der Waals surface area contributed by atoms with E-state index in [2.05, 4.69) is 10.6 Å². The Morgan fingerprint density at radius 3 is 2.38 bits per heavy atom. The Hall–Kier alpha value is -1.17. The van der Waals surface area contributed by atoms with Gasteiger partial charge in [-0.05, 0) is 25.1 Å². The van der Waals surface area contributed by atoms with Gasteiger partial charge in [-0.15, -0.1) is 0 Å². The van der Waals surface area contributed by atoms with Crippen molar-refractivity contribution in [1.29, 1.82) is 0 Å². The molecule has 0 unspecified atom stereocenters. The van der Waals surface area contributed by atoms with E-state index in [0.29, 0.717) is 11.2 Å². The van der Waals surface area contributed by atoms with Crippen LogP contribution in [0.5, 0.6) is 0 Å². The Labute approximate surface area is 99.6 Å². The number of piperazine rings is 1. The fraction of sp³-hybridized carbons (Fsp3) is 0.700. The van der Waals surface area contributed by atoms with Gasteiger partial charge in [0.15, 0.2) is 5.11 Å². The number of hydrogen-bond donors (Lipinski definition) is 2. The Bertz CT molecular complexity index is 310. The number of nitrogens with zero attached hydrogens (tertiary/aromatic N) is 1. The zero-order valence-corrected chi connectivity index (χ0v) is 9.81. The molecule has 1 heterocycles. The zero-order chi connectivity index (χ0) is 11.5. The third-order valence-electron chi connectivity index (χ3n) is 2.92. The molecule has 1 aliphatic heterocycles. The standard InChI is InChI=1S/C10H15N3O2S/c14-8-5-13(6-9(15)12-8)10(16)11-7-3-1-2-4-7/h7H,1-6H2,(H,11,16)(H,12,14,15). The third kappa shape index (κ3) is 2.69. The van der Waals surface area contributed by atoms with E-state index in [4.69, 9.17) is 12.2 Å². The van der Waals surface area contributed by atoms with Gasteiger partial charge in [-0.2, -0.15) is 0 Å². The van der Waals surface area contributed by atoms with Gasteiger partial charge in [0.25, 0.3) is 0 Å². The van der Waals surface area contributed by atoms with Crippen molar-refractivity contribution in [2.75, 3.05) is 13.1 Å². The van der Waals surface area contributed by atoms with Crippen LogP contribution in [0, 0.1) is 0 Å². The molecule has 88 valence electrons. The van der Waals surface area contributed by atoms with Gasteiger partial charge in [0, 0.05) is 6.04 Å². The quantitative estimate of drug-likeness (QED) is 0.490. The summed E-state index contributed by atoms with van der Waals surface area (Å²) < 4.78 is 0. The van der Waals surface area contributed by atoms with Crippen LogP contribution in [-0.2, 0) is 9.59 Å². The number of imide groups is 1. The lowest BCUT2D eigenvalue weighted by atomic mass is 10.2. The fourth-order valence-corrected chi connectivity index (χ4v) is 2.41. The van der Waals surface area contributed by atoms with Gasteiger partial charge in [-0.3, -0.25) is 14.9 Å². The largest absolute Gasteiger partial charge is 0.360 e. The van der Waals surface area contributed by atoms with Crippen LogP contribution in [0.15, 0.2) is 0 Å². The minimum Gasteiger partial charge on any atom is -0.360 e. The molecule has 1 aliphatic carbocycles. The molecule has 6 heteroatoms. The molecular formula is C10H15N3O2S. The number of amides is 2. The summed E-state index contributed by atoms with van der Waals surface area (Å²) in [5.74, 6) is -0.571. The maximum Gasteiger partial charge on any atom is 0.246 e. The van der Waals surface area contributed by atoms with Crippen LogP contribution in [-0.4, -0.2) is 41.0 Å². The summed E-state index contributed by atoms with van der Waals surface area (Å²) in [4.78, 5) is 23.9. The molecule has 0 atom stereocenters. The fourth-order valence-electron chi connectivity index (χ4n) is 2.12. The zero-order valence-electron chi connectivity index (χ0n) is 8.99. The van der Waals surface area contributed by atoms with Crippen molar-refractivity contribution in [2.45, 2.75) is 31.7 Å². The Balaban J connectivity index is 1.88. The van der Waals surface area contributed by atoms with Gasteiger partial charge < -0.3 is 10.2 Å². The number of carbonyl (C=O) groups excluding carboxylic acids is 2. The molecule has 0 radical (unpaired) electrons. The average molecular weight is 241 g/mol. The Morgan fingerprint density at radius 2 is 1.81 bits per heavy atom. The summed E-state index contributed by atoms with van der Waals surface area (Å²) in [6.45, 7) is 0.342. The number of hydrogen-bond acceptors (Lipinski definition) is 3. The maximum atomic E-state index is 11.2. The molecule has 0 aromatic carbocycles. The monoisotopic (exact) mass is 241 g/mol. The molecule has 0 aromatic rings. The SMILES string of the molecule is O=C1CN(C(=S)NC2CCCC2)CC(=O)N1. The van der Waals surface area contributed by atoms with Crippen LogP contribution in [0.2, 0.25) is 0 Å². The second kappa shape index (κ2) is 4.78. The average Bonchev–Trinajstić information content (AvgIpc) is 2.68. The highest BCUT2D eigenvalue weighted by Crippen LogP contribution is 2.17. The smallest absolute Gasteiger partial charge is 0.246 e. The number of nitrogens with one attached hydrogen (secondary N) is 2. The molecule has 2 N–H and O–H groups in total. The summed E-state index contributed by atoms with van der Waals surface area (Å²) in [6, 6.07) is 0.410. The topological polar surface area (TPSA) is 61.4 Å². The predicted molar refractivity (Wildman–Crippen MR) is 62.7 cm³/mol. The lowest BCUT2D eigenvalue weighted by molar-refractivity contribution is -0.134. The molecule has 0 aromatic heterocycles. The van der Waals surface area contributed by atoms with E-state index >= 15 is 0 Å². The van der Waals surface area contributed by atoms with Crippen LogP contribution in [0.25, 0.3) is 0 Å². The van der Waals surface area contributed by atoms with Crippen LogP contribution in [0.1, 0.15) is 25.7 Å². The van der Waals surface area contributed by atoms with Crippen molar-refractivity contribution < 1.29 is 9.59 Å². The highest BCUT2D eigenvalue weighted by molar-refractivity contribution is 7.80. The van der Waals surface area contributed by atoms with E-state index in [1.807, 2.05) is 0 Å². The lowest BCUT2D eigenvalue weighted by Crippen LogP contribution is -2.56. The first-order valence-corrected chi connectivity index (χ1v) is 5.94. The van der Waals surface area contributed by atoms with E-state index in [-0.39, 0.29) is 24.9 Å². The van der Waals surface area contributed by atoms with Gasteiger partial charge in [0.1, 0.15) is 0 Å². The molecule has 2 rings (SSSR count). The van der Waals surface area contributed by atoms with Crippen LogP contribution < -0.4 is 10.6 Å². The molecule has 5 nitrogen and oxygen atoms in total. The lowest BCUT2D eigenvalue weighted by Gasteiger charge is -2.29. The Morgan fingerprint density at radius 1 is 1.25 bits per heavy atom. The second-order valence-electron chi connectivity index (χ2n) is 4.26. The van der Waals surface area contributed by atoms with Crippen molar-refractivity contribution in [1.82, 2.24) is 15.5 Å². The molecule has 0 bridgehead atoms. The minimum absolute atomic E-state index is 0.171. The van der Waals surface area contributed by atoms with Gasteiger partial charge in [0.05, 0.1) is 13.1 Å². The first kappa shape index (κ1) is 11.3. The number of carbonyl (C=O) groups is 2. The van der Waals surface area contributed by atoms with E-state index in [1.165, 1.54) is 12.8 Å². The van der Waals surface area contributed by atoms with Gasteiger partial charge >= 0.3 is 0 Å². The highest BCUT2D eigenvalue weighted by atomic mass is 32.1. The van der Waals surface area contributed by atoms with Crippen LogP contribution in [0.3, 0.4) is 0 Å². The first-order valence-electron chi connectivity index (χ1n) is 5.53. The molecule has 1 saturated heterocycles. The number of thiocarbonyl (C=S) groups is 1. The molecule has 1 saturated carbocycles. The summed E-state index contributed by atoms with van der Waals surface area (Å²) >= 11 is 5.20. The summed E-state index contributed by atoms with van der Waals surface area (Å²) in [5.41, 5.74) is 0. The summed E-state index contributed by atoms with van der Waals surface area (Å²) in [5, 5.41) is 5.99. The minimum atomic E-state index is -0.285. The number of rotatable bonds is 1. The van der Waals surface area contributed by atoms with Crippen LogP contribution in [0.4, 0.5) is 0 Å². The highest BCUT2D eigenvalue weighted by Gasteiger charge is 2.25. The molecular weight excluding hydrogens is 226 g/mol. The molecule has 2 fully saturated rings. The predicted octanol–water partition coefficient (Wildman–Crippen LogP) is -0.238. The third-order valence-corrected chi connectivity index (χ3v) is 3.29. The van der Waals surface area contributed by atoms with Gasteiger partial charge in [0.2, 0.25) is 11.8 Å². The van der Waals surface area contributed by atoms with Gasteiger partial charge in [-0.1, -0.05) is 12.8 Å². The Kier molecular flexibility index (Phi) is 3.38. The van der Waals surface area contributed by atoms with Gasteiger partial charge in [-0.25, -0.2) is 0 Å².